The molecule has 2 aromatic carbocycles. The van der Waals surface area contributed by atoms with Crippen LogP contribution in [0.25, 0.3) is 10.9 Å². The Kier molecular flexibility index (Phi) is 4.74. The number of benzene rings is 2. The zero-order valence-electron chi connectivity index (χ0n) is 12.9. The van der Waals surface area contributed by atoms with E-state index >= 15 is 0 Å². The summed E-state index contributed by atoms with van der Waals surface area (Å²) < 4.78 is 2.10. The van der Waals surface area contributed by atoms with Crippen LogP contribution in [0.1, 0.15) is 12.0 Å². The predicted molar refractivity (Wildman–Crippen MR) is 92.4 cm³/mol. The van der Waals surface area contributed by atoms with E-state index in [1.54, 1.807) is 0 Å². The van der Waals surface area contributed by atoms with Crippen molar-refractivity contribution in [1.29, 1.82) is 0 Å². The van der Waals surface area contributed by atoms with Gasteiger partial charge in [-0.05, 0) is 41.6 Å². The molecule has 4 nitrogen and oxygen atoms in total. The summed E-state index contributed by atoms with van der Waals surface area (Å²) in [6.07, 6.45) is 3.08. The van der Waals surface area contributed by atoms with Gasteiger partial charge in [-0.2, -0.15) is 0 Å². The maximum Gasteiger partial charge on any atom is 0.226 e. The Morgan fingerprint density at radius 1 is 1.04 bits per heavy atom. The summed E-state index contributed by atoms with van der Waals surface area (Å²) in [7, 11) is 0. The molecule has 0 bridgehead atoms. The second kappa shape index (κ2) is 7.11. The van der Waals surface area contributed by atoms with Gasteiger partial charge in [-0.25, -0.2) is 0 Å². The Labute approximate surface area is 135 Å². The van der Waals surface area contributed by atoms with Crippen molar-refractivity contribution in [1.82, 2.24) is 4.57 Å². The van der Waals surface area contributed by atoms with Crippen molar-refractivity contribution >= 4 is 22.5 Å². The van der Waals surface area contributed by atoms with Crippen LogP contribution in [0.3, 0.4) is 0 Å². The average molecular weight is 308 g/mol. The van der Waals surface area contributed by atoms with E-state index in [0.717, 1.165) is 16.8 Å². The summed E-state index contributed by atoms with van der Waals surface area (Å²) >= 11 is 0. The predicted octanol–water partition coefficient (Wildman–Crippen LogP) is 3.20. The van der Waals surface area contributed by atoms with Gasteiger partial charge in [0.25, 0.3) is 0 Å². The van der Waals surface area contributed by atoms with Crippen LogP contribution in [-0.2, 0) is 17.8 Å². The van der Waals surface area contributed by atoms with Gasteiger partial charge in [0.15, 0.2) is 0 Å². The van der Waals surface area contributed by atoms with Crippen LogP contribution in [0.2, 0.25) is 0 Å². The van der Waals surface area contributed by atoms with Gasteiger partial charge in [-0.15, -0.1) is 0 Å². The van der Waals surface area contributed by atoms with Crippen LogP contribution in [0, 0.1) is 0 Å². The van der Waals surface area contributed by atoms with Crippen molar-refractivity contribution in [2.24, 2.45) is 0 Å². The van der Waals surface area contributed by atoms with E-state index < -0.39 is 0 Å². The molecule has 0 aliphatic heterocycles. The average Bonchev–Trinajstić information content (AvgIpc) is 2.98. The van der Waals surface area contributed by atoms with Crippen molar-refractivity contribution in [2.75, 3.05) is 11.9 Å². The molecule has 1 aromatic heterocycles. The number of aliphatic hydroxyl groups is 1. The monoisotopic (exact) mass is 308 g/mol. The fourth-order valence-corrected chi connectivity index (χ4v) is 2.66. The molecule has 23 heavy (non-hydrogen) atoms. The third kappa shape index (κ3) is 3.79. The molecule has 1 amide bonds. The number of fused-ring (bicyclic) bond motifs is 1. The number of hydrogen-bond donors (Lipinski definition) is 2. The van der Waals surface area contributed by atoms with Crippen molar-refractivity contribution in [2.45, 2.75) is 19.4 Å². The minimum Gasteiger partial charge on any atom is -0.396 e. The summed E-state index contributed by atoms with van der Waals surface area (Å²) in [5.74, 6) is -0.00214. The highest BCUT2D eigenvalue weighted by Gasteiger charge is 2.05. The first-order valence-electron chi connectivity index (χ1n) is 7.80. The number of aryl methyl sites for hydroxylation is 1. The number of rotatable bonds is 6. The number of hydrogen-bond acceptors (Lipinski definition) is 2. The van der Waals surface area contributed by atoms with Gasteiger partial charge in [0, 0.05) is 37.0 Å². The first-order chi connectivity index (χ1) is 11.3. The van der Waals surface area contributed by atoms with Crippen LogP contribution >= 0.6 is 0 Å². The number of nitrogens with zero attached hydrogens (tertiary/aromatic N) is 1. The fourth-order valence-electron chi connectivity index (χ4n) is 2.66. The molecule has 4 heteroatoms. The lowest BCUT2D eigenvalue weighted by molar-refractivity contribution is -0.116. The molecule has 3 aromatic rings. The van der Waals surface area contributed by atoms with Gasteiger partial charge in [0.2, 0.25) is 5.91 Å². The number of nitrogens with one attached hydrogen (secondary N) is 1. The van der Waals surface area contributed by atoms with E-state index in [1.165, 1.54) is 5.39 Å². The maximum atomic E-state index is 12.1. The topological polar surface area (TPSA) is 54.3 Å². The van der Waals surface area contributed by atoms with Crippen molar-refractivity contribution in [3.63, 3.8) is 0 Å². The number of carbonyl (C=O) groups excluding carboxylic acids is 1. The summed E-state index contributed by atoms with van der Waals surface area (Å²) in [5.41, 5.74) is 2.99. The molecule has 0 aliphatic rings. The molecule has 0 aliphatic carbocycles. The molecule has 2 N–H and O–H groups in total. The van der Waals surface area contributed by atoms with Gasteiger partial charge in [0.05, 0.1) is 0 Å². The molecular weight excluding hydrogens is 288 g/mol. The first-order valence-corrected chi connectivity index (χ1v) is 7.80. The highest BCUT2D eigenvalue weighted by atomic mass is 16.2. The Bertz CT molecular complexity index is 790. The van der Waals surface area contributed by atoms with Crippen molar-refractivity contribution in [3.8, 4) is 0 Å². The Balaban J connectivity index is 1.57. The van der Waals surface area contributed by atoms with Crippen LogP contribution in [0.4, 0.5) is 5.69 Å². The van der Waals surface area contributed by atoms with Crippen LogP contribution in [0.5, 0.6) is 0 Å². The van der Waals surface area contributed by atoms with E-state index in [9.17, 15) is 4.79 Å². The lowest BCUT2D eigenvalue weighted by Crippen LogP contribution is -2.14. The molecule has 0 atom stereocenters. The van der Waals surface area contributed by atoms with Crippen molar-refractivity contribution < 1.29 is 9.90 Å². The second-order valence-electron chi connectivity index (χ2n) is 5.54. The highest BCUT2D eigenvalue weighted by Crippen LogP contribution is 2.16. The second-order valence-corrected chi connectivity index (χ2v) is 5.54. The first kappa shape index (κ1) is 15.3. The molecule has 1 heterocycles. The summed E-state index contributed by atoms with van der Waals surface area (Å²) in [6.45, 7) is 0.790. The standard InChI is InChI=1S/C19H20N2O2/c22-14-11-15-5-7-17(8-6-15)20-19(23)10-13-21-12-9-16-3-1-2-4-18(16)21/h1-9,12,22H,10-11,13-14H2,(H,20,23). The largest absolute Gasteiger partial charge is 0.396 e. The maximum absolute atomic E-state index is 12.1. The number of para-hydroxylation sites is 1. The third-order valence-corrected chi connectivity index (χ3v) is 3.90. The molecule has 0 saturated carbocycles. The normalized spacial score (nSPS) is 10.8. The lowest BCUT2D eigenvalue weighted by Gasteiger charge is -2.08. The minimum atomic E-state index is -0.00214. The number of carbonyl (C=O) groups is 1. The van der Waals surface area contributed by atoms with E-state index in [2.05, 4.69) is 28.1 Å². The minimum absolute atomic E-state index is 0.00214. The van der Waals surface area contributed by atoms with Gasteiger partial charge in [0.1, 0.15) is 0 Å². The van der Waals surface area contributed by atoms with Crippen LogP contribution in [-0.4, -0.2) is 22.2 Å². The molecule has 0 saturated heterocycles. The van der Waals surface area contributed by atoms with Gasteiger partial charge < -0.3 is 15.0 Å². The molecule has 118 valence electrons. The zero-order valence-corrected chi connectivity index (χ0v) is 12.9. The number of amides is 1. The molecule has 3 rings (SSSR count). The molecule has 0 radical (unpaired) electrons. The van der Waals surface area contributed by atoms with Crippen LogP contribution in [0.15, 0.2) is 60.8 Å². The molecule has 0 fully saturated rings. The van der Waals surface area contributed by atoms with E-state index in [-0.39, 0.29) is 12.5 Å². The van der Waals surface area contributed by atoms with E-state index in [0.29, 0.717) is 19.4 Å². The highest BCUT2D eigenvalue weighted by molar-refractivity contribution is 5.90. The fraction of sp³-hybridized carbons (Fsp3) is 0.211. The van der Waals surface area contributed by atoms with Crippen LogP contribution < -0.4 is 5.32 Å². The van der Waals surface area contributed by atoms with Gasteiger partial charge in [-0.3, -0.25) is 4.79 Å². The lowest BCUT2D eigenvalue weighted by atomic mass is 10.1. The third-order valence-electron chi connectivity index (χ3n) is 3.90. The summed E-state index contributed by atoms with van der Waals surface area (Å²) in [6, 6.07) is 17.8. The quantitative estimate of drug-likeness (QED) is 0.734. The number of aliphatic hydroxyl groups excluding tert-OH is 1. The molecular formula is C19H20N2O2. The van der Waals surface area contributed by atoms with Gasteiger partial charge >= 0.3 is 0 Å². The zero-order chi connectivity index (χ0) is 16.1. The van der Waals surface area contributed by atoms with E-state index in [4.69, 9.17) is 5.11 Å². The Morgan fingerprint density at radius 3 is 2.61 bits per heavy atom. The number of aromatic nitrogens is 1. The van der Waals surface area contributed by atoms with E-state index in [1.807, 2.05) is 42.6 Å². The van der Waals surface area contributed by atoms with Gasteiger partial charge in [-0.1, -0.05) is 30.3 Å². The smallest absolute Gasteiger partial charge is 0.226 e. The SMILES string of the molecule is O=C(CCn1ccc2ccccc21)Nc1ccc(CCO)cc1. The summed E-state index contributed by atoms with van der Waals surface area (Å²) in [5, 5.41) is 13.0. The Morgan fingerprint density at radius 2 is 1.83 bits per heavy atom. The number of anilines is 1. The molecule has 0 unspecified atom stereocenters. The summed E-state index contributed by atoms with van der Waals surface area (Å²) in [4.78, 5) is 12.1. The molecule has 0 spiro atoms. The van der Waals surface area contributed by atoms with Crippen molar-refractivity contribution in [3.05, 3.63) is 66.4 Å². The Hall–Kier alpha value is -2.59.